The third-order valence-electron chi connectivity index (χ3n) is 3.16. The smallest absolute Gasteiger partial charge is 0.320 e. The van der Waals surface area contributed by atoms with Gasteiger partial charge < -0.3 is 10.6 Å². The number of carbonyl (C=O) groups excluding carboxylic acids is 1. The molecule has 3 rings (SSSR count). The molecule has 0 bridgehead atoms. The predicted octanol–water partition coefficient (Wildman–Crippen LogP) is 2.91. The average molecular weight is 272 g/mol. The lowest BCUT2D eigenvalue weighted by atomic mass is 10.1. The van der Waals surface area contributed by atoms with Crippen LogP contribution in [0, 0.1) is 12.7 Å². The van der Waals surface area contributed by atoms with Crippen molar-refractivity contribution in [3.8, 4) is 0 Å². The number of rotatable bonds is 2. The Bertz CT molecular complexity index is 687. The van der Waals surface area contributed by atoms with E-state index >= 15 is 0 Å². The molecule has 102 valence electrons. The summed E-state index contributed by atoms with van der Waals surface area (Å²) in [7, 11) is 0. The highest BCUT2D eigenvalue weighted by Crippen LogP contribution is 2.27. The van der Waals surface area contributed by atoms with Crippen LogP contribution in [-0.4, -0.2) is 11.0 Å². The van der Waals surface area contributed by atoms with E-state index < -0.39 is 0 Å². The van der Waals surface area contributed by atoms with Crippen molar-refractivity contribution in [3.05, 3.63) is 47.4 Å². The Kier molecular flexibility index (Phi) is 2.98. The highest BCUT2D eigenvalue weighted by atomic mass is 19.1. The largest absolute Gasteiger partial charge is 0.355 e. The van der Waals surface area contributed by atoms with E-state index in [1.807, 2.05) is 0 Å². The van der Waals surface area contributed by atoms with Crippen molar-refractivity contribution in [2.24, 2.45) is 0 Å². The number of urea groups is 1. The van der Waals surface area contributed by atoms with Crippen LogP contribution in [-0.2, 0) is 6.54 Å². The molecule has 0 fully saturated rings. The van der Waals surface area contributed by atoms with Gasteiger partial charge in [0.1, 0.15) is 11.6 Å². The van der Waals surface area contributed by atoms with Gasteiger partial charge >= 0.3 is 6.03 Å². The molecule has 0 saturated heterocycles. The summed E-state index contributed by atoms with van der Waals surface area (Å²) in [4.78, 5) is 15.4. The van der Waals surface area contributed by atoms with Gasteiger partial charge in [-0.05, 0) is 30.7 Å². The highest BCUT2D eigenvalue weighted by Gasteiger charge is 2.18. The zero-order valence-electron chi connectivity index (χ0n) is 10.8. The lowest BCUT2D eigenvalue weighted by molar-refractivity contribution is 0.250. The van der Waals surface area contributed by atoms with Crippen LogP contribution < -0.4 is 16.0 Å². The van der Waals surface area contributed by atoms with E-state index in [2.05, 4.69) is 20.9 Å². The Balaban J connectivity index is 1.93. The van der Waals surface area contributed by atoms with E-state index in [0.717, 1.165) is 11.3 Å². The van der Waals surface area contributed by atoms with E-state index in [-0.39, 0.29) is 11.8 Å². The summed E-state index contributed by atoms with van der Waals surface area (Å²) in [5.41, 5.74) is 2.87. The number of fused-ring (bicyclic) bond motifs is 1. The normalized spacial score (nSPS) is 13.2. The van der Waals surface area contributed by atoms with E-state index in [4.69, 9.17) is 0 Å². The van der Waals surface area contributed by atoms with Crippen LogP contribution >= 0.6 is 0 Å². The standard InChI is InChI=1S/C14H13FN4O/c1-8-2-3-9(6-11(8)15)18-12-4-5-16-13-10(12)7-17-14(20)19-13/h2-6H,7H2,1H3,(H3,16,17,18,19,20). The Morgan fingerprint density at radius 2 is 2.20 bits per heavy atom. The number of nitrogens with zero attached hydrogens (tertiary/aromatic N) is 1. The summed E-state index contributed by atoms with van der Waals surface area (Å²) < 4.78 is 13.6. The maximum absolute atomic E-state index is 13.6. The molecule has 2 heterocycles. The molecule has 0 radical (unpaired) electrons. The minimum Gasteiger partial charge on any atom is -0.355 e. The summed E-state index contributed by atoms with van der Waals surface area (Å²) in [6.07, 6.45) is 1.59. The molecule has 0 aliphatic carbocycles. The van der Waals surface area contributed by atoms with Gasteiger partial charge in [-0.15, -0.1) is 0 Å². The van der Waals surface area contributed by atoms with Crippen molar-refractivity contribution < 1.29 is 9.18 Å². The van der Waals surface area contributed by atoms with Gasteiger partial charge in [0.15, 0.2) is 0 Å². The lowest BCUT2D eigenvalue weighted by Crippen LogP contribution is -2.34. The monoisotopic (exact) mass is 272 g/mol. The summed E-state index contributed by atoms with van der Waals surface area (Å²) in [6, 6.07) is 6.47. The van der Waals surface area contributed by atoms with Gasteiger partial charge in [0.2, 0.25) is 0 Å². The Hall–Kier alpha value is -2.63. The second kappa shape index (κ2) is 4.80. The molecule has 2 amide bonds. The first-order valence-corrected chi connectivity index (χ1v) is 6.19. The molecule has 1 aromatic carbocycles. The van der Waals surface area contributed by atoms with Crippen LogP contribution in [0.5, 0.6) is 0 Å². The first-order valence-electron chi connectivity index (χ1n) is 6.19. The van der Waals surface area contributed by atoms with Crippen LogP contribution in [0.15, 0.2) is 30.5 Å². The van der Waals surface area contributed by atoms with E-state index in [1.165, 1.54) is 6.07 Å². The van der Waals surface area contributed by atoms with Gasteiger partial charge in [0, 0.05) is 23.1 Å². The highest BCUT2D eigenvalue weighted by molar-refractivity contribution is 5.92. The van der Waals surface area contributed by atoms with E-state index in [0.29, 0.717) is 23.6 Å². The Morgan fingerprint density at radius 1 is 1.35 bits per heavy atom. The molecule has 1 aliphatic rings. The molecular weight excluding hydrogens is 259 g/mol. The van der Waals surface area contributed by atoms with Gasteiger partial charge in [-0.3, -0.25) is 5.32 Å². The molecular formula is C14H13FN4O. The third kappa shape index (κ3) is 2.27. The van der Waals surface area contributed by atoms with Crippen molar-refractivity contribution in [2.75, 3.05) is 10.6 Å². The van der Waals surface area contributed by atoms with Crippen LogP contribution in [0.1, 0.15) is 11.1 Å². The van der Waals surface area contributed by atoms with Gasteiger partial charge in [-0.25, -0.2) is 14.2 Å². The zero-order chi connectivity index (χ0) is 14.1. The van der Waals surface area contributed by atoms with Gasteiger partial charge in [0.25, 0.3) is 0 Å². The molecule has 1 aliphatic heterocycles. The maximum atomic E-state index is 13.6. The number of anilines is 3. The number of aromatic nitrogens is 1. The first-order chi connectivity index (χ1) is 9.63. The fraction of sp³-hybridized carbons (Fsp3) is 0.143. The number of halogens is 1. The number of carbonyl (C=O) groups is 1. The van der Waals surface area contributed by atoms with Gasteiger partial charge in [0.05, 0.1) is 6.54 Å². The van der Waals surface area contributed by atoms with Gasteiger partial charge in [-0.1, -0.05) is 6.07 Å². The van der Waals surface area contributed by atoms with Crippen molar-refractivity contribution in [3.63, 3.8) is 0 Å². The van der Waals surface area contributed by atoms with E-state index in [1.54, 1.807) is 31.3 Å². The number of amides is 2. The lowest BCUT2D eigenvalue weighted by Gasteiger charge is -2.20. The third-order valence-corrected chi connectivity index (χ3v) is 3.16. The molecule has 0 unspecified atom stereocenters. The molecule has 20 heavy (non-hydrogen) atoms. The van der Waals surface area contributed by atoms with Crippen molar-refractivity contribution in [1.82, 2.24) is 10.3 Å². The number of benzene rings is 1. The summed E-state index contributed by atoms with van der Waals surface area (Å²) >= 11 is 0. The molecule has 3 N–H and O–H groups in total. The number of nitrogens with one attached hydrogen (secondary N) is 3. The topological polar surface area (TPSA) is 66.0 Å². The average Bonchev–Trinajstić information content (AvgIpc) is 2.43. The van der Waals surface area contributed by atoms with Crippen molar-refractivity contribution in [1.29, 1.82) is 0 Å². The van der Waals surface area contributed by atoms with Crippen LogP contribution in [0.4, 0.5) is 26.4 Å². The molecule has 2 aromatic rings. The Morgan fingerprint density at radius 3 is 3.00 bits per heavy atom. The van der Waals surface area contributed by atoms with Crippen LogP contribution in [0.25, 0.3) is 0 Å². The second-order valence-electron chi connectivity index (χ2n) is 4.58. The molecule has 0 saturated carbocycles. The molecule has 6 heteroatoms. The first kappa shape index (κ1) is 12.4. The van der Waals surface area contributed by atoms with Crippen LogP contribution in [0.3, 0.4) is 0 Å². The minimum absolute atomic E-state index is 0.260. The number of pyridine rings is 1. The molecule has 5 nitrogen and oxygen atoms in total. The van der Waals surface area contributed by atoms with E-state index in [9.17, 15) is 9.18 Å². The number of hydrogen-bond donors (Lipinski definition) is 3. The second-order valence-corrected chi connectivity index (χ2v) is 4.58. The summed E-state index contributed by atoms with van der Waals surface area (Å²) in [6.45, 7) is 2.10. The van der Waals surface area contributed by atoms with Crippen molar-refractivity contribution >= 4 is 23.2 Å². The number of hydrogen-bond acceptors (Lipinski definition) is 3. The fourth-order valence-corrected chi connectivity index (χ4v) is 2.04. The fourth-order valence-electron chi connectivity index (χ4n) is 2.04. The zero-order valence-corrected chi connectivity index (χ0v) is 10.8. The Labute approximate surface area is 115 Å². The van der Waals surface area contributed by atoms with Crippen molar-refractivity contribution in [2.45, 2.75) is 13.5 Å². The van der Waals surface area contributed by atoms with Crippen LogP contribution in [0.2, 0.25) is 0 Å². The maximum Gasteiger partial charge on any atom is 0.320 e. The SMILES string of the molecule is Cc1ccc(Nc2ccnc3c2CNC(=O)N3)cc1F. The summed E-state index contributed by atoms with van der Waals surface area (Å²) in [5, 5.41) is 8.46. The quantitative estimate of drug-likeness (QED) is 0.787. The molecule has 0 spiro atoms. The summed E-state index contributed by atoms with van der Waals surface area (Å²) in [5.74, 6) is 0.260. The number of aryl methyl sites for hydroxylation is 1. The predicted molar refractivity (Wildman–Crippen MR) is 74.5 cm³/mol. The van der Waals surface area contributed by atoms with Gasteiger partial charge in [-0.2, -0.15) is 0 Å². The minimum atomic E-state index is -0.275. The molecule has 0 atom stereocenters. The molecule has 1 aromatic heterocycles.